The van der Waals surface area contributed by atoms with Crippen molar-refractivity contribution in [3.05, 3.63) is 33.1 Å². The summed E-state index contributed by atoms with van der Waals surface area (Å²) in [6.45, 7) is 7.19. The van der Waals surface area contributed by atoms with Gasteiger partial charge in [0.15, 0.2) is 0 Å². The second-order valence-electron chi connectivity index (χ2n) is 7.17. The summed E-state index contributed by atoms with van der Waals surface area (Å²) in [4.78, 5) is 34.6. The number of fused-ring (bicyclic) bond motifs is 4. The first-order valence-electron chi connectivity index (χ1n) is 8.87. The van der Waals surface area contributed by atoms with Crippen LogP contribution in [0.15, 0.2) is 10.0 Å². The Labute approximate surface area is 156 Å². The first kappa shape index (κ1) is 17.2. The quantitative estimate of drug-likeness (QED) is 0.824. The smallest absolute Gasteiger partial charge is 0.265 e. The first-order valence-corrected chi connectivity index (χ1v) is 9.75. The van der Waals surface area contributed by atoms with Crippen molar-refractivity contribution in [3.63, 3.8) is 0 Å². The lowest BCUT2D eigenvalue weighted by molar-refractivity contribution is -0.140. The Bertz CT molecular complexity index is 839. The molecule has 5 heterocycles. The number of rotatable bonds is 3. The van der Waals surface area contributed by atoms with Crippen LogP contribution < -0.4 is 0 Å². The van der Waals surface area contributed by atoms with Crippen molar-refractivity contribution in [1.29, 1.82) is 0 Å². The van der Waals surface area contributed by atoms with Gasteiger partial charge in [-0.25, -0.2) is 4.98 Å². The van der Waals surface area contributed by atoms with Gasteiger partial charge in [0.05, 0.1) is 29.4 Å². The summed E-state index contributed by atoms with van der Waals surface area (Å²) in [5.74, 6) is 0.751. The second-order valence-corrected chi connectivity index (χ2v) is 8.03. The number of amides is 2. The van der Waals surface area contributed by atoms with Crippen LogP contribution in [0.3, 0.4) is 0 Å². The second kappa shape index (κ2) is 6.50. The van der Waals surface area contributed by atoms with Gasteiger partial charge in [0.2, 0.25) is 5.91 Å². The Hall–Kier alpha value is -2.22. The fourth-order valence-corrected chi connectivity index (χ4v) is 4.73. The highest BCUT2D eigenvalue weighted by atomic mass is 32.1. The van der Waals surface area contributed by atoms with E-state index in [1.807, 2.05) is 30.6 Å². The normalized spacial score (nSPS) is 22.8. The van der Waals surface area contributed by atoms with Crippen LogP contribution in [-0.4, -0.2) is 50.9 Å². The van der Waals surface area contributed by atoms with Gasteiger partial charge in [-0.05, 0) is 33.6 Å². The van der Waals surface area contributed by atoms with Crippen LogP contribution in [-0.2, 0) is 11.3 Å². The predicted molar refractivity (Wildman–Crippen MR) is 95.8 cm³/mol. The standard InChI is InChI=1S/C18H22N4O3S/c1-10-15(12(3)25-20-10)8-22-14-5-4-13(17(22)23)6-21(7-14)18(24)16-11(2)19-9-26-16/h9,13-14H,4-8H2,1-3H3/t13-,14+/m0/s1. The van der Waals surface area contributed by atoms with Crippen LogP contribution in [0.25, 0.3) is 0 Å². The molecule has 2 amide bonds. The molecule has 3 aliphatic heterocycles. The Kier molecular flexibility index (Phi) is 4.30. The number of piperidine rings is 1. The zero-order valence-corrected chi connectivity index (χ0v) is 16.0. The SMILES string of the molecule is Cc1ncsc1C(=O)N1C[C@@H]2CC[C@H](C1)N(Cc1c(C)noc1C)C2=O. The molecule has 138 valence electrons. The molecule has 0 saturated carbocycles. The first-order chi connectivity index (χ1) is 12.5. The van der Waals surface area contributed by atoms with Gasteiger partial charge in [-0.1, -0.05) is 5.16 Å². The number of thiazole rings is 1. The zero-order chi connectivity index (χ0) is 18.4. The van der Waals surface area contributed by atoms with E-state index in [1.54, 1.807) is 5.51 Å². The maximum absolute atomic E-state index is 13.0. The number of carbonyl (C=O) groups excluding carboxylic acids is 2. The van der Waals surface area contributed by atoms with Crippen LogP contribution in [0.2, 0.25) is 0 Å². The molecule has 8 heteroatoms. The van der Waals surface area contributed by atoms with Gasteiger partial charge < -0.3 is 14.3 Å². The summed E-state index contributed by atoms with van der Waals surface area (Å²) in [6.07, 6.45) is 1.76. The molecule has 0 radical (unpaired) electrons. The van der Waals surface area contributed by atoms with Crippen molar-refractivity contribution in [1.82, 2.24) is 19.9 Å². The zero-order valence-electron chi connectivity index (χ0n) is 15.2. The summed E-state index contributed by atoms with van der Waals surface area (Å²) < 4.78 is 5.25. The minimum Gasteiger partial charge on any atom is -0.361 e. The summed E-state index contributed by atoms with van der Waals surface area (Å²) in [5.41, 5.74) is 4.26. The van der Waals surface area contributed by atoms with Crippen molar-refractivity contribution in [2.75, 3.05) is 13.1 Å². The van der Waals surface area contributed by atoms with E-state index in [9.17, 15) is 9.59 Å². The molecule has 26 heavy (non-hydrogen) atoms. The molecule has 5 rings (SSSR count). The molecule has 3 aliphatic rings. The lowest BCUT2D eigenvalue weighted by Gasteiger charge is -2.35. The van der Waals surface area contributed by atoms with E-state index in [4.69, 9.17) is 4.52 Å². The molecular formula is C18H22N4O3S. The van der Waals surface area contributed by atoms with Crippen LogP contribution in [0, 0.1) is 26.7 Å². The molecule has 0 unspecified atom stereocenters. The lowest BCUT2D eigenvalue weighted by Crippen LogP contribution is -2.47. The third-order valence-electron chi connectivity index (χ3n) is 5.53. The summed E-state index contributed by atoms with van der Waals surface area (Å²) in [7, 11) is 0. The highest BCUT2D eigenvalue weighted by Crippen LogP contribution is 2.32. The molecule has 3 saturated heterocycles. The van der Waals surface area contributed by atoms with E-state index in [-0.39, 0.29) is 23.8 Å². The van der Waals surface area contributed by atoms with E-state index in [0.29, 0.717) is 24.5 Å². The fourth-order valence-electron chi connectivity index (χ4n) is 3.96. The van der Waals surface area contributed by atoms with Crippen molar-refractivity contribution in [3.8, 4) is 0 Å². The fraction of sp³-hybridized carbons (Fsp3) is 0.556. The Morgan fingerprint density at radius 2 is 2.08 bits per heavy atom. The van der Waals surface area contributed by atoms with Crippen LogP contribution in [0.4, 0.5) is 0 Å². The third kappa shape index (κ3) is 2.82. The molecule has 7 nitrogen and oxygen atoms in total. The summed E-state index contributed by atoms with van der Waals surface area (Å²) in [5, 5.41) is 4.00. The van der Waals surface area contributed by atoms with E-state index in [1.165, 1.54) is 11.3 Å². The Balaban J connectivity index is 1.58. The van der Waals surface area contributed by atoms with Crippen LogP contribution >= 0.6 is 11.3 Å². The summed E-state index contributed by atoms with van der Waals surface area (Å²) in [6, 6.07) is 0.0344. The average molecular weight is 374 g/mol. The minimum atomic E-state index is -0.133. The Morgan fingerprint density at radius 1 is 1.27 bits per heavy atom. The molecular weight excluding hydrogens is 352 g/mol. The highest BCUT2D eigenvalue weighted by Gasteiger charge is 2.42. The molecule has 2 aromatic rings. The monoisotopic (exact) mass is 374 g/mol. The third-order valence-corrected chi connectivity index (χ3v) is 6.45. The Morgan fingerprint density at radius 3 is 2.73 bits per heavy atom. The number of aromatic nitrogens is 2. The molecule has 3 fully saturated rings. The topological polar surface area (TPSA) is 79.5 Å². The molecule has 0 aromatic carbocycles. The molecule has 0 spiro atoms. The van der Waals surface area contributed by atoms with Crippen molar-refractivity contribution in [2.45, 2.75) is 46.2 Å². The molecule has 2 atom stereocenters. The van der Waals surface area contributed by atoms with Gasteiger partial charge in [-0.2, -0.15) is 0 Å². The highest BCUT2D eigenvalue weighted by molar-refractivity contribution is 7.11. The molecule has 2 bridgehead atoms. The predicted octanol–water partition coefficient (Wildman–Crippen LogP) is 2.32. The largest absolute Gasteiger partial charge is 0.361 e. The molecule has 0 aliphatic carbocycles. The van der Waals surface area contributed by atoms with Gasteiger partial charge >= 0.3 is 0 Å². The van der Waals surface area contributed by atoms with E-state index in [0.717, 1.165) is 35.6 Å². The maximum Gasteiger partial charge on any atom is 0.265 e. The maximum atomic E-state index is 13.0. The van der Waals surface area contributed by atoms with E-state index >= 15 is 0 Å². The summed E-state index contributed by atoms with van der Waals surface area (Å²) >= 11 is 1.37. The number of carbonyl (C=O) groups is 2. The van der Waals surface area contributed by atoms with E-state index in [2.05, 4.69) is 10.1 Å². The molecule has 0 N–H and O–H groups in total. The van der Waals surface area contributed by atoms with Gasteiger partial charge in [0.1, 0.15) is 10.6 Å². The van der Waals surface area contributed by atoms with Crippen LogP contribution in [0.5, 0.6) is 0 Å². The minimum absolute atomic E-state index is 0.00566. The average Bonchev–Trinajstić information content (AvgIpc) is 3.05. The lowest BCUT2D eigenvalue weighted by atomic mass is 9.93. The van der Waals surface area contributed by atoms with Gasteiger partial charge in [-0.3, -0.25) is 9.59 Å². The van der Waals surface area contributed by atoms with Gasteiger partial charge in [-0.15, -0.1) is 11.3 Å². The van der Waals surface area contributed by atoms with Crippen molar-refractivity contribution in [2.24, 2.45) is 5.92 Å². The number of hydrogen-bond donors (Lipinski definition) is 0. The molecule has 2 aromatic heterocycles. The number of aryl methyl sites for hydroxylation is 3. The van der Waals surface area contributed by atoms with E-state index < -0.39 is 0 Å². The van der Waals surface area contributed by atoms with Crippen molar-refractivity contribution < 1.29 is 14.1 Å². The van der Waals surface area contributed by atoms with Crippen molar-refractivity contribution >= 4 is 23.2 Å². The van der Waals surface area contributed by atoms with Gasteiger partial charge in [0.25, 0.3) is 5.91 Å². The number of nitrogens with zero attached hydrogens (tertiary/aromatic N) is 4. The number of hydrogen-bond acceptors (Lipinski definition) is 6. The van der Waals surface area contributed by atoms with Crippen LogP contribution in [0.1, 0.15) is 45.2 Å². The van der Waals surface area contributed by atoms with Gasteiger partial charge in [0, 0.05) is 24.7 Å².